The Hall–Kier alpha value is -2.61. The number of nitrogens with zero attached hydrogens (tertiary/aromatic N) is 6. The summed E-state index contributed by atoms with van der Waals surface area (Å²) < 4.78 is 15.1. The van der Waals surface area contributed by atoms with Crippen LogP contribution in [0.4, 0.5) is 15.8 Å². The number of likely N-dealkylation sites (N-methyl/N-ethyl adjacent to an activating group) is 1. The molecule has 0 bridgehead atoms. The highest BCUT2D eigenvalue weighted by Gasteiger charge is 2.40. The van der Waals surface area contributed by atoms with Gasteiger partial charge in [0.2, 0.25) is 11.8 Å². The maximum Gasteiger partial charge on any atom is 0.232 e. The molecule has 4 rings (SSSR count). The van der Waals surface area contributed by atoms with E-state index in [0.29, 0.717) is 32.5 Å². The number of anilines is 2. The van der Waals surface area contributed by atoms with E-state index in [-0.39, 0.29) is 35.1 Å². The van der Waals surface area contributed by atoms with E-state index in [0.717, 1.165) is 32.4 Å². The second-order valence-corrected chi connectivity index (χ2v) is 11.1. The molecule has 210 valence electrons. The minimum atomic E-state index is -0.875. The zero-order valence-corrected chi connectivity index (χ0v) is 22.6. The van der Waals surface area contributed by atoms with Crippen LogP contribution in [-0.2, 0) is 9.59 Å². The number of piperazine rings is 1. The van der Waals surface area contributed by atoms with E-state index in [4.69, 9.17) is 17.3 Å². The van der Waals surface area contributed by atoms with Crippen molar-refractivity contribution in [1.29, 1.82) is 0 Å². The molecule has 2 amide bonds. The second-order valence-electron chi connectivity index (χ2n) is 10.4. The van der Waals surface area contributed by atoms with Gasteiger partial charge < -0.3 is 25.8 Å². The summed E-state index contributed by atoms with van der Waals surface area (Å²) in [6.07, 6.45) is 2.93. The van der Waals surface area contributed by atoms with E-state index in [1.165, 1.54) is 11.2 Å². The monoisotopic (exact) mass is 553 g/mol. The molecular weight excluding hydrogens is 517 g/mol. The highest BCUT2D eigenvalue weighted by molar-refractivity contribution is 6.21. The number of carbonyl (C=O) groups excluding carboxylic acids is 2. The number of alkyl halides is 1. The minimum Gasteiger partial charge on any atom is -0.367 e. The predicted octanol–water partition coefficient (Wildman–Crippen LogP) is 0.633. The van der Waals surface area contributed by atoms with Gasteiger partial charge in [0.25, 0.3) is 0 Å². The van der Waals surface area contributed by atoms with Crippen molar-refractivity contribution in [2.45, 2.75) is 37.4 Å². The minimum absolute atomic E-state index is 0.106. The molecule has 38 heavy (non-hydrogen) atoms. The number of hydrogen-bond donors (Lipinski definition) is 3. The molecule has 3 aliphatic rings. The lowest BCUT2D eigenvalue weighted by Crippen LogP contribution is -2.62. The molecule has 4 N–H and O–H groups in total. The van der Waals surface area contributed by atoms with E-state index < -0.39 is 29.8 Å². The van der Waals surface area contributed by atoms with Crippen LogP contribution in [0.1, 0.15) is 19.8 Å². The van der Waals surface area contributed by atoms with Crippen LogP contribution in [0.5, 0.6) is 0 Å². The summed E-state index contributed by atoms with van der Waals surface area (Å²) in [5, 5.41) is 9.72. The number of amides is 2. The lowest BCUT2D eigenvalue weighted by Gasteiger charge is -2.40. The Labute approximate surface area is 227 Å². The SMILES string of the molecule is CC(N)C(C(=O)Nc1cncc(F)c1N1CCC(C(=O)N2CCN(C)CC2)CC1)C1NCC(Cl)CN1N=O. The molecule has 0 spiro atoms. The third kappa shape index (κ3) is 6.33. The summed E-state index contributed by atoms with van der Waals surface area (Å²) in [7, 11) is 2.05. The van der Waals surface area contributed by atoms with Gasteiger partial charge in [-0.1, -0.05) is 0 Å². The summed E-state index contributed by atoms with van der Waals surface area (Å²) in [4.78, 5) is 47.8. The van der Waals surface area contributed by atoms with E-state index >= 15 is 4.39 Å². The van der Waals surface area contributed by atoms with Crippen molar-refractivity contribution < 1.29 is 14.0 Å². The molecular formula is C24H37ClFN9O3. The number of aromatic nitrogens is 1. The third-order valence-electron chi connectivity index (χ3n) is 7.68. The Kier molecular flexibility index (Phi) is 9.34. The quantitative estimate of drug-likeness (QED) is 0.328. The summed E-state index contributed by atoms with van der Waals surface area (Å²) in [5.41, 5.74) is 6.59. The second kappa shape index (κ2) is 12.5. The van der Waals surface area contributed by atoms with Gasteiger partial charge in [-0.3, -0.25) is 19.9 Å². The lowest BCUT2D eigenvalue weighted by atomic mass is 9.94. The van der Waals surface area contributed by atoms with Crippen molar-refractivity contribution in [3.8, 4) is 0 Å². The van der Waals surface area contributed by atoms with Gasteiger partial charge in [0.15, 0.2) is 5.82 Å². The first-order valence-electron chi connectivity index (χ1n) is 13.1. The van der Waals surface area contributed by atoms with Crippen molar-refractivity contribution in [1.82, 2.24) is 25.1 Å². The fourth-order valence-electron chi connectivity index (χ4n) is 5.49. The zero-order chi connectivity index (χ0) is 27.4. The summed E-state index contributed by atoms with van der Waals surface area (Å²) in [6, 6.07) is -0.648. The molecule has 0 saturated carbocycles. The van der Waals surface area contributed by atoms with Gasteiger partial charge in [0, 0.05) is 57.8 Å². The fourth-order valence-corrected chi connectivity index (χ4v) is 5.72. The molecule has 1 aromatic rings. The molecule has 3 aliphatic heterocycles. The van der Waals surface area contributed by atoms with Gasteiger partial charge in [-0.25, -0.2) is 9.40 Å². The number of piperidine rings is 1. The largest absolute Gasteiger partial charge is 0.367 e. The molecule has 3 saturated heterocycles. The summed E-state index contributed by atoms with van der Waals surface area (Å²) in [5.74, 6) is -1.88. The Bertz CT molecular complexity index is 1000. The first-order chi connectivity index (χ1) is 18.2. The molecule has 0 radical (unpaired) electrons. The maximum atomic E-state index is 15.1. The summed E-state index contributed by atoms with van der Waals surface area (Å²) in [6.45, 7) is 6.33. The van der Waals surface area contributed by atoms with E-state index in [2.05, 4.69) is 25.8 Å². The summed E-state index contributed by atoms with van der Waals surface area (Å²) >= 11 is 6.14. The molecule has 12 nitrogen and oxygen atoms in total. The van der Waals surface area contributed by atoms with Gasteiger partial charge in [0.1, 0.15) is 11.9 Å². The molecule has 0 aliphatic carbocycles. The Balaban J connectivity index is 1.45. The van der Waals surface area contributed by atoms with Crippen molar-refractivity contribution in [3.63, 3.8) is 0 Å². The van der Waals surface area contributed by atoms with Crippen molar-refractivity contribution in [3.05, 3.63) is 23.1 Å². The number of pyridine rings is 1. The van der Waals surface area contributed by atoms with Gasteiger partial charge in [-0.05, 0) is 26.8 Å². The molecule has 4 heterocycles. The number of rotatable bonds is 7. The predicted molar refractivity (Wildman–Crippen MR) is 143 cm³/mol. The van der Waals surface area contributed by atoms with Crippen LogP contribution in [0.15, 0.2) is 17.7 Å². The van der Waals surface area contributed by atoms with Gasteiger partial charge >= 0.3 is 0 Å². The van der Waals surface area contributed by atoms with Crippen LogP contribution in [0.25, 0.3) is 0 Å². The van der Waals surface area contributed by atoms with E-state index in [1.807, 2.05) is 16.8 Å². The fraction of sp³-hybridized carbons (Fsp3) is 0.708. The Morgan fingerprint density at radius 2 is 1.89 bits per heavy atom. The first kappa shape index (κ1) is 28.4. The van der Waals surface area contributed by atoms with E-state index in [1.54, 1.807) is 6.92 Å². The lowest BCUT2D eigenvalue weighted by molar-refractivity contribution is -0.137. The van der Waals surface area contributed by atoms with Crippen LogP contribution < -0.4 is 21.3 Å². The average molecular weight is 554 g/mol. The molecule has 0 aromatic carbocycles. The number of carbonyl (C=O) groups is 2. The van der Waals surface area contributed by atoms with Crippen LogP contribution in [-0.4, -0.2) is 109 Å². The van der Waals surface area contributed by atoms with Crippen LogP contribution in [0, 0.1) is 22.6 Å². The van der Waals surface area contributed by atoms with Gasteiger partial charge in [0.05, 0.1) is 41.2 Å². The highest BCUT2D eigenvalue weighted by atomic mass is 35.5. The normalized spacial score (nSPS) is 25.1. The third-order valence-corrected chi connectivity index (χ3v) is 7.97. The highest BCUT2D eigenvalue weighted by Crippen LogP contribution is 2.33. The van der Waals surface area contributed by atoms with Crippen molar-refractivity contribution in [2.75, 3.05) is 69.6 Å². The molecule has 4 unspecified atom stereocenters. The van der Waals surface area contributed by atoms with E-state index in [9.17, 15) is 14.5 Å². The topological polar surface area (TPSA) is 139 Å². The van der Waals surface area contributed by atoms with Crippen LogP contribution in [0.2, 0.25) is 0 Å². The molecule has 4 atom stereocenters. The molecule has 1 aromatic heterocycles. The van der Waals surface area contributed by atoms with Crippen LogP contribution in [0.3, 0.4) is 0 Å². The Morgan fingerprint density at radius 1 is 1.21 bits per heavy atom. The maximum absolute atomic E-state index is 15.1. The smallest absolute Gasteiger partial charge is 0.232 e. The van der Waals surface area contributed by atoms with Gasteiger partial charge in [-0.2, -0.15) is 0 Å². The number of nitrogens with two attached hydrogens (primary N) is 1. The number of nitroso groups, excluding NO2 is 1. The van der Waals surface area contributed by atoms with Crippen LogP contribution >= 0.6 is 11.6 Å². The first-order valence-corrected chi connectivity index (χ1v) is 13.5. The Morgan fingerprint density at radius 3 is 2.53 bits per heavy atom. The number of halogens is 2. The average Bonchev–Trinajstić information content (AvgIpc) is 2.90. The zero-order valence-electron chi connectivity index (χ0n) is 21.9. The molecule has 14 heteroatoms. The standard InChI is InChI=1S/C24H37ClFN9O3/c1-15(27)20(22-29-11-17(25)14-35(22)31-38)23(36)30-19-13-28-12-18(26)21(19)33-5-3-16(4-6-33)24(37)34-9-7-32(2)8-10-34/h12-13,15-17,20,22,29H,3-11,14,27H2,1-2H3,(H,30,36). The number of hydrogen-bond acceptors (Lipinski definition) is 9. The van der Waals surface area contributed by atoms with Crippen molar-refractivity contribution in [2.24, 2.45) is 22.9 Å². The number of nitrogens with one attached hydrogen (secondary N) is 2. The molecule has 3 fully saturated rings. The van der Waals surface area contributed by atoms with Gasteiger partial charge in [-0.15, -0.1) is 16.5 Å². The van der Waals surface area contributed by atoms with Crippen molar-refractivity contribution >= 4 is 34.8 Å².